The molecule has 1 aliphatic carbocycles. The Morgan fingerprint density at radius 3 is 2.32 bits per heavy atom. The van der Waals surface area contributed by atoms with Gasteiger partial charge in [0.1, 0.15) is 12.6 Å². The minimum atomic E-state index is -3.88. The van der Waals surface area contributed by atoms with Gasteiger partial charge in [-0.25, -0.2) is 8.42 Å². The molecule has 208 valence electrons. The normalized spacial score (nSPS) is 14.6. The predicted molar refractivity (Wildman–Crippen MR) is 148 cm³/mol. The number of nitrogens with one attached hydrogen (secondary N) is 1. The second-order valence-electron chi connectivity index (χ2n) is 9.34. The van der Waals surface area contributed by atoms with Crippen molar-refractivity contribution in [1.82, 2.24) is 10.2 Å². The number of carbonyl (C=O) groups excluding carboxylic acids is 2. The van der Waals surface area contributed by atoms with E-state index in [1.165, 1.54) is 31.3 Å². The van der Waals surface area contributed by atoms with E-state index in [9.17, 15) is 18.0 Å². The van der Waals surface area contributed by atoms with Gasteiger partial charge in [0.25, 0.3) is 0 Å². The number of benzene rings is 2. The van der Waals surface area contributed by atoms with Crippen LogP contribution >= 0.6 is 11.6 Å². The molecule has 38 heavy (non-hydrogen) atoms. The van der Waals surface area contributed by atoms with Crippen molar-refractivity contribution in [3.63, 3.8) is 0 Å². The zero-order chi connectivity index (χ0) is 27.9. The molecule has 0 unspecified atom stereocenters. The molecule has 1 aliphatic rings. The van der Waals surface area contributed by atoms with Crippen LogP contribution in [0.4, 0.5) is 5.69 Å². The SMILES string of the molecule is CC[C@H](C(=O)NC1CCCC1)N(Cc1ccccc1Cl)C(=O)CN(c1ccc(OC)c(OC)c1)S(C)(=O)=O. The average Bonchev–Trinajstić information content (AvgIpc) is 3.40. The van der Waals surface area contributed by atoms with Crippen LogP contribution in [0, 0.1) is 0 Å². The van der Waals surface area contributed by atoms with E-state index >= 15 is 0 Å². The van der Waals surface area contributed by atoms with Crippen molar-refractivity contribution < 1.29 is 27.5 Å². The molecule has 2 aromatic rings. The summed E-state index contributed by atoms with van der Waals surface area (Å²) >= 11 is 6.40. The van der Waals surface area contributed by atoms with Crippen LogP contribution in [0.15, 0.2) is 42.5 Å². The van der Waals surface area contributed by atoms with Gasteiger partial charge in [-0.15, -0.1) is 0 Å². The average molecular weight is 566 g/mol. The number of anilines is 1. The quantitative estimate of drug-likeness (QED) is 0.417. The number of methoxy groups -OCH3 is 2. The second kappa shape index (κ2) is 13.2. The molecule has 3 rings (SSSR count). The number of ether oxygens (including phenoxy) is 2. The summed E-state index contributed by atoms with van der Waals surface area (Å²) < 4.78 is 37.3. The molecule has 0 aromatic heterocycles. The van der Waals surface area contributed by atoms with Crippen LogP contribution in [0.1, 0.15) is 44.6 Å². The van der Waals surface area contributed by atoms with Crippen LogP contribution in [0.2, 0.25) is 5.02 Å². The Morgan fingerprint density at radius 1 is 1.08 bits per heavy atom. The highest BCUT2D eigenvalue weighted by Crippen LogP contribution is 2.32. The fourth-order valence-corrected chi connectivity index (χ4v) is 5.73. The van der Waals surface area contributed by atoms with Gasteiger partial charge in [0.05, 0.1) is 26.2 Å². The molecule has 11 heteroatoms. The van der Waals surface area contributed by atoms with E-state index in [-0.39, 0.29) is 24.2 Å². The van der Waals surface area contributed by atoms with Crippen molar-refractivity contribution in [3.05, 3.63) is 53.1 Å². The molecular formula is C27H36ClN3O6S. The van der Waals surface area contributed by atoms with Crippen LogP contribution in [0.25, 0.3) is 0 Å². The molecule has 0 bridgehead atoms. The van der Waals surface area contributed by atoms with E-state index in [0.717, 1.165) is 36.2 Å². The van der Waals surface area contributed by atoms with E-state index in [2.05, 4.69) is 5.32 Å². The van der Waals surface area contributed by atoms with Crippen LogP contribution in [0.5, 0.6) is 11.5 Å². The van der Waals surface area contributed by atoms with Crippen LogP contribution < -0.4 is 19.1 Å². The molecule has 1 fully saturated rings. The third-order valence-electron chi connectivity index (χ3n) is 6.72. The highest BCUT2D eigenvalue weighted by molar-refractivity contribution is 7.92. The molecule has 2 amide bonds. The summed E-state index contributed by atoms with van der Waals surface area (Å²) in [6.07, 6.45) is 5.30. The molecule has 0 spiro atoms. The van der Waals surface area contributed by atoms with E-state index in [1.807, 2.05) is 6.92 Å². The highest BCUT2D eigenvalue weighted by atomic mass is 35.5. The molecule has 1 N–H and O–H groups in total. The summed E-state index contributed by atoms with van der Waals surface area (Å²) in [6.45, 7) is 1.37. The van der Waals surface area contributed by atoms with Gasteiger partial charge in [0.15, 0.2) is 11.5 Å². The van der Waals surface area contributed by atoms with Crippen molar-refractivity contribution in [2.75, 3.05) is 31.3 Å². The second-order valence-corrected chi connectivity index (χ2v) is 11.6. The number of sulfonamides is 1. The van der Waals surface area contributed by atoms with Crippen LogP contribution in [-0.4, -0.2) is 64.2 Å². The summed E-state index contributed by atoms with van der Waals surface area (Å²) in [5.41, 5.74) is 0.895. The zero-order valence-electron chi connectivity index (χ0n) is 22.3. The van der Waals surface area contributed by atoms with Crippen LogP contribution in [-0.2, 0) is 26.2 Å². The minimum Gasteiger partial charge on any atom is -0.493 e. The molecule has 0 aliphatic heterocycles. The largest absolute Gasteiger partial charge is 0.493 e. The van der Waals surface area contributed by atoms with E-state index in [0.29, 0.717) is 28.5 Å². The lowest BCUT2D eigenvalue weighted by Gasteiger charge is -2.33. The first kappa shape index (κ1) is 29.6. The fraction of sp³-hybridized carbons (Fsp3) is 0.481. The minimum absolute atomic E-state index is 0.0542. The first-order valence-corrected chi connectivity index (χ1v) is 14.8. The van der Waals surface area contributed by atoms with Gasteiger partial charge in [-0.1, -0.05) is 49.6 Å². The maximum atomic E-state index is 13.8. The third-order valence-corrected chi connectivity index (χ3v) is 8.23. The predicted octanol–water partition coefficient (Wildman–Crippen LogP) is 3.99. The van der Waals surface area contributed by atoms with Crippen molar-refractivity contribution >= 4 is 39.1 Å². The summed E-state index contributed by atoms with van der Waals surface area (Å²) in [4.78, 5) is 28.6. The number of hydrogen-bond donors (Lipinski definition) is 1. The van der Waals surface area contributed by atoms with Gasteiger partial charge < -0.3 is 19.7 Å². The molecule has 0 saturated heterocycles. The maximum Gasteiger partial charge on any atom is 0.244 e. The first-order valence-electron chi connectivity index (χ1n) is 12.6. The zero-order valence-corrected chi connectivity index (χ0v) is 23.8. The number of carbonyl (C=O) groups is 2. The van der Waals surface area contributed by atoms with E-state index in [4.69, 9.17) is 21.1 Å². The van der Waals surface area contributed by atoms with Gasteiger partial charge >= 0.3 is 0 Å². The van der Waals surface area contributed by atoms with Gasteiger partial charge in [0, 0.05) is 23.7 Å². The summed E-state index contributed by atoms with van der Waals surface area (Å²) in [5.74, 6) is -0.0391. The molecule has 2 aromatic carbocycles. The summed E-state index contributed by atoms with van der Waals surface area (Å²) in [6, 6.07) is 11.0. The number of rotatable bonds is 12. The standard InChI is InChI=1S/C27H36ClN3O6S/c1-5-23(27(33)29-20-11-7-8-12-20)30(17-19-10-6-9-13-22(19)28)26(32)18-31(38(4,34)35)21-14-15-24(36-2)25(16-21)37-3/h6,9-10,13-16,20,23H,5,7-8,11-12,17-18H2,1-4H3,(H,29,33)/t23-/m1/s1. The lowest BCUT2D eigenvalue weighted by Crippen LogP contribution is -2.53. The van der Waals surface area contributed by atoms with Crippen molar-refractivity contribution in [3.8, 4) is 11.5 Å². The lowest BCUT2D eigenvalue weighted by molar-refractivity contribution is -0.140. The maximum absolute atomic E-state index is 13.8. The molecule has 9 nitrogen and oxygen atoms in total. The smallest absolute Gasteiger partial charge is 0.244 e. The first-order chi connectivity index (χ1) is 18.1. The van der Waals surface area contributed by atoms with Gasteiger partial charge in [-0.2, -0.15) is 0 Å². The molecular weight excluding hydrogens is 530 g/mol. The van der Waals surface area contributed by atoms with Gasteiger partial charge in [-0.05, 0) is 43.0 Å². The Morgan fingerprint density at radius 2 is 1.74 bits per heavy atom. The molecule has 0 heterocycles. The third kappa shape index (κ3) is 7.32. The Hall–Kier alpha value is -2.98. The number of halogens is 1. The Balaban J connectivity index is 1.96. The molecule has 1 atom stereocenters. The van der Waals surface area contributed by atoms with Gasteiger partial charge in [0.2, 0.25) is 21.8 Å². The van der Waals surface area contributed by atoms with Crippen molar-refractivity contribution in [1.29, 1.82) is 0 Å². The van der Waals surface area contributed by atoms with Crippen molar-refractivity contribution in [2.45, 2.75) is 57.7 Å². The molecule has 1 saturated carbocycles. The highest BCUT2D eigenvalue weighted by Gasteiger charge is 2.33. The van der Waals surface area contributed by atoms with Gasteiger partial charge in [-0.3, -0.25) is 13.9 Å². The number of amides is 2. The monoisotopic (exact) mass is 565 g/mol. The van der Waals surface area contributed by atoms with E-state index in [1.54, 1.807) is 30.3 Å². The Bertz CT molecular complexity index is 1230. The fourth-order valence-electron chi connectivity index (χ4n) is 4.69. The van der Waals surface area contributed by atoms with E-state index < -0.39 is 28.5 Å². The number of nitrogens with zero attached hydrogens (tertiary/aromatic N) is 2. The Labute approximate surface area is 230 Å². The lowest BCUT2D eigenvalue weighted by atomic mass is 10.1. The number of hydrogen-bond acceptors (Lipinski definition) is 6. The topological polar surface area (TPSA) is 105 Å². The summed E-state index contributed by atoms with van der Waals surface area (Å²) in [7, 11) is -0.963. The summed E-state index contributed by atoms with van der Waals surface area (Å²) in [5, 5.41) is 3.54. The molecule has 0 radical (unpaired) electrons. The van der Waals surface area contributed by atoms with Crippen LogP contribution in [0.3, 0.4) is 0 Å². The van der Waals surface area contributed by atoms with Crippen molar-refractivity contribution in [2.24, 2.45) is 0 Å². The Kier molecular flexibility index (Phi) is 10.3.